The molecular weight excluding hydrogens is 193 g/mol. The van der Waals surface area contributed by atoms with Crippen molar-refractivity contribution in [2.45, 2.75) is 19.5 Å². The lowest BCUT2D eigenvalue weighted by atomic mass is 10.3. The van der Waals surface area contributed by atoms with Crippen LogP contribution in [0.25, 0.3) is 0 Å². The summed E-state index contributed by atoms with van der Waals surface area (Å²) in [5.74, 6) is -1.37. The Morgan fingerprint density at radius 2 is 1.69 bits per heavy atom. The number of carboxylic acid groups (broad SMARTS) is 1. The van der Waals surface area contributed by atoms with E-state index < -0.39 is 18.8 Å². The van der Waals surface area contributed by atoms with Gasteiger partial charge in [-0.25, -0.2) is 4.39 Å². The molecule has 78 valence electrons. The monoisotopic (exact) mass is 202 g/mol. The molecule has 0 aromatic heterocycles. The molecule has 0 rings (SSSR count). The van der Waals surface area contributed by atoms with Crippen LogP contribution in [0, 0.1) is 0 Å². The Kier molecular flexibility index (Phi) is 7.11. The van der Waals surface area contributed by atoms with Gasteiger partial charge in [-0.15, -0.1) is 0 Å². The normalized spacial score (nSPS) is 9.92. The van der Waals surface area contributed by atoms with Gasteiger partial charge in [0.25, 0.3) is 0 Å². The predicted molar refractivity (Wildman–Crippen MR) is 36.1 cm³/mol. The van der Waals surface area contributed by atoms with Crippen LogP contribution in [0.3, 0.4) is 0 Å². The second-order valence-electron chi connectivity index (χ2n) is 2.07. The molecule has 0 aromatic carbocycles. The number of carbonyl (C=O) groups is 2. The average Bonchev–Trinajstić information content (AvgIpc) is 1.84. The van der Waals surface area contributed by atoms with Crippen LogP contribution in [0.15, 0.2) is 0 Å². The number of aliphatic hydroxyl groups is 1. The van der Waals surface area contributed by atoms with Gasteiger partial charge in [-0.2, -0.15) is 8.78 Å². The first kappa shape index (κ1) is 14.4. The summed E-state index contributed by atoms with van der Waals surface area (Å²) in [6, 6.07) is 0. The van der Waals surface area contributed by atoms with Crippen LogP contribution in [-0.4, -0.2) is 34.7 Å². The number of carboxylic acids is 1. The molecule has 4 nitrogen and oxygen atoms in total. The van der Waals surface area contributed by atoms with Crippen LogP contribution in [0.5, 0.6) is 0 Å². The predicted octanol–water partition coefficient (Wildman–Crippen LogP) is 0.591. The molecule has 13 heavy (non-hydrogen) atoms. The second kappa shape index (κ2) is 6.41. The molecule has 7 heteroatoms. The second-order valence-corrected chi connectivity index (χ2v) is 2.07. The Balaban J connectivity index is 0. The minimum absolute atomic E-state index is 0.312. The average molecular weight is 202 g/mol. The van der Waals surface area contributed by atoms with E-state index in [1.54, 1.807) is 0 Å². The van der Waals surface area contributed by atoms with Gasteiger partial charge in [0.1, 0.15) is 12.2 Å². The minimum atomic E-state index is -4.12. The van der Waals surface area contributed by atoms with Crippen molar-refractivity contribution in [3.05, 3.63) is 0 Å². The van der Waals surface area contributed by atoms with Crippen LogP contribution >= 0.6 is 0 Å². The summed E-state index contributed by atoms with van der Waals surface area (Å²) in [5.41, 5.74) is 0. The fourth-order valence-corrected chi connectivity index (χ4v) is 0.213. The summed E-state index contributed by atoms with van der Waals surface area (Å²) in [7, 11) is 0. The zero-order valence-electron chi connectivity index (χ0n) is 6.76. The third kappa shape index (κ3) is 24.8. The van der Waals surface area contributed by atoms with Crippen LogP contribution < -0.4 is 0 Å². The van der Waals surface area contributed by atoms with E-state index in [4.69, 9.17) is 10.2 Å². The maximum absolute atomic E-state index is 10.6. The Morgan fingerprint density at radius 3 is 1.69 bits per heavy atom. The summed E-state index contributed by atoms with van der Waals surface area (Å²) >= 11 is 0. The molecule has 0 spiro atoms. The molecule has 0 aliphatic rings. The SMILES string of the molecule is CC(=O)CC(=O)O.OC(F)(F)CF. The molecule has 0 aliphatic carbocycles. The summed E-state index contributed by atoms with van der Waals surface area (Å²) in [5, 5.41) is 15.0. The van der Waals surface area contributed by atoms with E-state index in [-0.39, 0.29) is 12.2 Å². The number of carbonyl (C=O) groups excluding carboxylic acids is 1. The third-order valence-electron chi connectivity index (χ3n) is 0.561. The first-order chi connectivity index (χ1) is 5.69. The van der Waals surface area contributed by atoms with Gasteiger partial charge in [0.05, 0.1) is 0 Å². The van der Waals surface area contributed by atoms with Crippen molar-refractivity contribution in [2.24, 2.45) is 0 Å². The van der Waals surface area contributed by atoms with Crippen molar-refractivity contribution >= 4 is 11.8 Å². The van der Waals surface area contributed by atoms with Crippen molar-refractivity contribution in [3.63, 3.8) is 0 Å². The van der Waals surface area contributed by atoms with Crippen LogP contribution in [-0.2, 0) is 9.59 Å². The van der Waals surface area contributed by atoms with Gasteiger partial charge in [-0.1, -0.05) is 0 Å². The van der Waals surface area contributed by atoms with Gasteiger partial charge in [0.2, 0.25) is 0 Å². The van der Waals surface area contributed by atoms with Crippen LogP contribution in [0.1, 0.15) is 13.3 Å². The number of Topliss-reactive ketones (excluding diaryl/α,β-unsaturated/α-hetero) is 1. The fraction of sp³-hybridized carbons (Fsp3) is 0.667. The van der Waals surface area contributed by atoms with E-state index in [1.165, 1.54) is 6.92 Å². The Labute approximate surface area is 72.0 Å². The number of aliphatic carboxylic acids is 1. The smallest absolute Gasteiger partial charge is 0.381 e. The zero-order valence-corrected chi connectivity index (χ0v) is 6.76. The number of rotatable bonds is 3. The molecular formula is C6H9F3O4. The fourth-order valence-electron chi connectivity index (χ4n) is 0.213. The van der Waals surface area contributed by atoms with Gasteiger partial charge in [0, 0.05) is 0 Å². The number of halogens is 3. The van der Waals surface area contributed by atoms with Crippen LogP contribution in [0.2, 0.25) is 0 Å². The Morgan fingerprint density at radius 1 is 1.38 bits per heavy atom. The van der Waals surface area contributed by atoms with Crippen molar-refractivity contribution in [2.75, 3.05) is 6.67 Å². The lowest BCUT2D eigenvalue weighted by Crippen LogP contribution is -2.15. The number of hydrogen-bond donors (Lipinski definition) is 2. The summed E-state index contributed by atoms with van der Waals surface area (Å²) < 4.78 is 31.8. The summed E-state index contributed by atoms with van der Waals surface area (Å²) in [6.07, 6.45) is -4.49. The molecule has 0 radical (unpaired) electrons. The van der Waals surface area contributed by atoms with Gasteiger partial charge in [0.15, 0.2) is 6.67 Å². The number of hydrogen-bond acceptors (Lipinski definition) is 3. The molecule has 0 saturated heterocycles. The van der Waals surface area contributed by atoms with Crippen molar-refractivity contribution in [1.82, 2.24) is 0 Å². The topological polar surface area (TPSA) is 74.6 Å². The van der Waals surface area contributed by atoms with Crippen molar-refractivity contribution in [1.29, 1.82) is 0 Å². The molecule has 0 heterocycles. The molecule has 0 bridgehead atoms. The molecule has 2 N–H and O–H groups in total. The van der Waals surface area contributed by atoms with Crippen molar-refractivity contribution < 1.29 is 33.0 Å². The Bertz CT molecular complexity index is 163. The maximum atomic E-state index is 10.6. The quantitative estimate of drug-likeness (QED) is 0.657. The first-order valence-electron chi connectivity index (χ1n) is 3.06. The first-order valence-corrected chi connectivity index (χ1v) is 3.06. The largest absolute Gasteiger partial charge is 0.481 e. The summed E-state index contributed by atoms with van der Waals surface area (Å²) in [6.45, 7) is -0.763. The van der Waals surface area contributed by atoms with E-state index in [2.05, 4.69) is 0 Å². The molecule has 0 amide bonds. The van der Waals surface area contributed by atoms with E-state index in [0.29, 0.717) is 0 Å². The highest BCUT2D eigenvalue weighted by Gasteiger charge is 2.22. The van der Waals surface area contributed by atoms with Crippen LogP contribution in [0.4, 0.5) is 13.2 Å². The third-order valence-corrected chi connectivity index (χ3v) is 0.561. The van der Waals surface area contributed by atoms with Crippen molar-refractivity contribution in [3.8, 4) is 0 Å². The highest BCUT2D eigenvalue weighted by Crippen LogP contribution is 2.06. The molecule has 0 aromatic rings. The lowest BCUT2D eigenvalue weighted by molar-refractivity contribution is -0.208. The Hall–Kier alpha value is -1.11. The van der Waals surface area contributed by atoms with Gasteiger partial charge in [-0.3, -0.25) is 9.59 Å². The van der Waals surface area contributed by atoms with E-state index in [1.807, 2.05) is 0 Å². The molecule has 0 saturated carbocycles. The summed E-state index contributed by atoms with van der Waals surface area (Å²) in [4.78, 5) is 19.5. The van der Waals surface area contributed by atoms with Gasteiger partial charge >= 0.3 is 12.1 Å². The van der Waals surface area contributed by atoms with Gasteiger partial charge in [-0.05, 0) is 6.92 Å². The number of ketones is 1. The lowest BCUT2D eigenvalue weighted by Gasteiger charge is -1.97. The molecule has 0 aliphatic heterocycles. The zero-order chi connectivity index (χ0) is 11.1. The standard InChI is InChI=1S/C4H6O3.C2H3F3O/c1-3(5)2-4(6)7;3-1-2(4,5)6/h2H2,1H3,(H,6,7);6H,1H2. The number of alkyl halides is 3. The highest BCUT2D eigenvalue weighted by atomic mass is 19.3. The van der Waals surface area contributed by atoms with E-state index in [9.17, 15) is 22.8 Å². The molecule has 0 unspecified atom stereocenters. The van der Waals surface area contributed by atoms with Gasteiger partial charge < -0.3 is 10.2 Å². The molecule has 0 atom stereocenters. The van der Waals surface area contributed by atoms with E-state index in [0.717, 1.165) is 0 Å². The maximum Gasteiger partial charge on any atom is 0.381 e. The molecule has 0 fully saturated rings. The minimum Gasteiger partial charge on any atom is -0.481 e. The van der Waals surface area contributed by atoms with E-state index >= 15 is 0 Å². The highest BCUT2D eigenvalue weighted by molar-refractivity contribution is 5.93.